The molecule has 1 fully saturated rings. The summed E-state index contributed by atoms with van der Waals surface area (Å²) in [5, 5.41) is 31.4. The summed E-state index contributed by atoms with van der Waals surface area (Å²) >= 11 is 0. The molecule has 0 aliphatic heterocycles. The summed E-state index contributed by atoms with van der Waals surface area (Å²) < 4.78 is 39.0. The summed E-state index contributed by atoms with van der Waals surface area (Å²) in [5.74, 6) is 0.431. The van der Waals surface area contributed by atoms with Crippen molar-refractivity contribution in [3.05, 3.63) is 47.0 Å². The number of aliphatic hydroxyl groups is 3. The van der Waals surface area contributed by atoms with E-state index in [-0.39, 0.29) is 50.9 Å². The Balaban J connectivity index is 1.78. The van der Waals surface area contributed by atoms with Crippen molar-refractivity contribution in [2.24, 2.45) is 17.6 Å². The fourth-order valence-electron chi connectivity index (χ4n) is 7.08. The monoisotopic (exact) mass is 827 g/mol. The van der Waals surface area contributed by atoms with Crippen LogP contribution in [0.25, 0.3) is 0 Å². The average Bonchev–Trinajstić information content (AvgIpc) is 3.61. The average molecular weight is 828 g/mol. The first kappa shape index (κ1) is 50.8. The van der Waals surface area contributed by atoms with Crippen LogP contribution in [0.1, 0.15) is 146 Å². The quantitative estimate of drug-likeness (QED) is 0.0205. The molecule has 1 saturated carbocycles. The van der Waals surface area contributed by atoms with Crippen molar-refractivity contribution in [3.63, 3.8) is 0 Å². The SMILES string of the molecule is CCCCCc1oc(CCCCCCCCC(=O)OC[C@H](COP(=O)(O)OCCN)OC(=O)C/C=C\C[C@H]2[C@@H](/C=C/[C@H](O)CCCCC)[C@H](O)C[C@@H]2O)c(C)c1C. The first-order valence-corrected chi connectivity index (χ1v) is 22.9. The number of rotatable bonds is 32. The number of carbonyl (C=O) groups is 2. The molecule has 1 heterocycles. The predicted molar refractivity (Wildman–Crippen MR) is 220 cm³/mol. The van der Waals surface area contributed by atoms with E-state index in [9.17, 15) is 34.4 Å². The van der Waals surface area contributed by atoms with Crippen molar-refractivity contribution in [2.75, 3.05) is 26.4 Å². The van der Waals surface area contributed by atoms with Gasteiger partial charge in [-0.15, -0.1) is 0 Å². The maximum atomic E-state index is 12.8. The zero-order valence-electron chi connectivity index (χ0n) is 35.1. The molecule has 0 bridgehead atoms. The Labute approximate surface area is 341 Å². The van der Waals surface area contributed by atoms with Gasteiger partial charge in [0.15, 0.2) is 6.10 Å². The van der Waals surface area contributed by atoms with Gasteiger partial charge in [0.2, 0.25) is 0 Å². The van der Waals surface area contributed by atoms with Crippen LogP contribution in [0.5, 0.6) is 0 Å². The van der Waals surface area contributed by atoms with E-state index in [2.05, 4.69) is 27.7 Å². The molecule has 1 aromatic heterocycles. The zero-order chi connectivity index (χ0) is 42.1. The smallest absolute Gasteiger partial charge is 0.466 e. The highest BCUT2D eigenvalue weighted by molar-refractivity contribution is 7.47. The normalized spacial score (nSPS) is 20.6. The molecule has 0 spiro atoms. The molecule has 328 valence electrons. The fourth-order valence-corrected chi connectivity index (χ4v) is 7.85. The summed E-state index contributed by atoms with van der Waals surface area (Å²) in [4.78, 5) is 35.2. The third kappa shape index (κ3) is 21.0. The molecule has 1 aromatic rings. The third-order valence-electron chi connectivity index (χ3n) is 10.6. The minimum atomic E-state index is -4.49. The van der Waals surface area contributed by atoms with E-state index >= 15 is 0 Å². The molecule has 1 aliphatic rings. The standard InChI is InChI=1S/C43H74NO12P/c1-5-7-13-19-34(45)25-26-37-36(38(46)29-39(37)47)20-17-18-24-43(49)55-35(31-54-57(50,51)53-28-27-44)30-52-42(48)23-16-12-10-9-11-15-22-41-33(4)32(3)40(56-41)21-14-8-6-2/h17-18,25-26,34-39,45-47H,5-16,19-24,27-31,44H2,1-4H3,(H,50,51)/b18-17-,26-25+/t34-,35-,36+,37-,38+,39-/m1/s1. The Hall–Kier alpha value is -2.35. The topological polar surface area (TPSA) is 208 Å². The minimum Gasteiger partial charge on any atom is -0.466 e. The van der Waals surface area contributed by atoms with E-state index in [0.29, 0.717) is 19.3 Å². The summed E-state index contributed by atoms with van der Waals surface area (Å²) in [5.41, 5.74) is 7.91. The van der Waals surface area contributed by atoms with Gasteiger partial charge >= 0.3 is 19.8 Å². The van der Waals surface area contributed by atoms with Gasteiger partial charge in [0.25, 0.3) is 0 Å². The summed E-state index contributed by atoms with van der Waals surface area (Å²) in [6, 6.07) is 0. The summed E-state index contributed by atoms with van der Waals surface area (Å²) in [7, 11) is -4.49. The van der Waals surface area contributed by atoms with Crippen LogP contribution >= 0.6 is 7.82 Å². The Bertz CT molecular complexity index is 1380. The molecule has 1 unspecified atom stereocenters. The van der Waals surface area contributed by atoms with Crippen LogP contribution in [0.2, 0.25) is 0 Å². The van der Waals surface area contributed by atoms with E-state index in [4.69, 9.17) is 28.7 Å². The van der Waals surface area contributed by atoms with Crippen LogP contribution in [0, 0.1) is 25.7 Å². The van der Waals surface area contributed by atoms with Crippen molar-refractivity contribution in [1.82, 2.24) is 0 Å². The molecular formula is C43H74NO12P. The van der Waals surface area contributed by atoms with Gasteiger partial charge in [-0.3, -0.25) is 18.6 Å². The number of ether oxygens (including phenoxy) is 2. The van der Waals surface area contributed by atoms with Crippen molar-refractivity contribution < 1.29 is 57.3 Å². The first-order chi connectivity index (χ1) is 27.3. The second kappa shape index (κ2) is 29.0. The Morgan fingerprint density at radius 2 is 1.49 bits per heavy atom. The van der Waals surface area contributed by atoms with Gasteiger partial charge < -0.3 is 39.8 Å². The Morgan fingerprint density at radius 1 is 0.860 bits per heavy atom. The number of hydrogen-bond acceptors (Lipinski definition) is 12. The highest BCUT2D eigenvalue weighted by atomic mass is 31.2. The van der Waals surface area contributed by atoms with Gasteiger partial charge in [0.05, 0.1) is 37.9 Å². The van der Waals surface area contributed by atoms with E-state index in [0.717, 1.165) is 82.1 Å². The van der Waals surface area contributed by atoms with E-state index in [1.165, 1.54) is 24.0 Å². The van der Waals surface area contributed by atoms with Crippen molar-refractivity contribution >= 4 is 19.8 Å². The lowest BCUT2D eigenvalue weighted by atomic mass is 9.89. The van der Waals surface area contributed by atoms with Gasteiger partial charge in [-0.25, -0.2) is 4.57 Å². The fraction of sp³-hybridized carbons (Fsp3) is 0.767. The highest BCUT2D eigenvalue weighted by Crippen LogP contribution is 2.43. The molecule has 14 heteroatoms. The molecule has 0 radical (unpaired) electrons. The Morgan fingerprint density at radius 3 is 2.16 bits per heavy atom. The predicted octanol–water partition coefficient (Wildman–Crippen LogP) is 7.64. The van der Waals surface area contributed by atoms with Gasteiger partial charge in [-0.1, -0.05) is 95.9 Å². The second-order valence-corrected chi connectivity index (χ2v) is 16.9. The number of carbonyl (C=O) groups excluding carboxylic acids is 2. The van der Waals surface area contributed by atoms with Gasteiger partial charge in [-0.05, 0) is 63.0 Å². The van der Waals surface area contributed by atoms with Crippen molar-refractivity contribution in [1.29, 1.82) is 0 Å². The lowest BCUT2D eigenvalue weighted by molar-refractivity contribution is -0.160. The number of phosphoric acid groups is 1. The molecule has 1 aliphatic carbocycles. The number of phosphoric ester groups is 1. The van der Waals surface area contributed by atoms with Crippen LogP contribution in [0.3, 0.4) is 0 Å². The first-order valence-electron chi connectivity index (χ1n) is 21.4. The second-order valence-electron chi connectivity index (χ2n) is 15.4. The van der Waals surface area contributed by atoms with Crippen LogP contribution in [0.15, 0.2) is 28.7 Å². The van der Waals surface area contributed by atoms with Crippen LogP contribution in [-0.4, -0.2) is 82.9 Å². The molecular weight excluding hydrogens is 753 g/mol. The number of nitrogens with two attached hydrogens (primary N) is 1. The lowest BCUT2D eigenvalue weighted by Gasteiger charge is -2.20. The molecule has 13 nitrogen and oxygen atoms in total. The number of aliphatic hydroxyl groups excluding tert-OH is 3. The summed E-state index contributed by atoms with van der Waals surface area (Å²) in [6.45, 7) is 7.45. The van der Waals surface area contributed by atoms with Gasteiger partial charge in [0, 0.05) is 38.1 Å². The van der Waals surface area contributed by atoms with Crippen molar-refractivity contribution in [2.45, 2.75) is 174 Å². The number of unbranched alkanes of at least 4 members (excludes halogenated alkanes) is 9. The molecule has 7 atom stereocenters. The summed E-state index contributed by atoms with van der Waals surface area (Å²) in [6.07, 6.45) is 19.0. The third-order valence-corrected chi connectivity index (χ3v) is 11.6. The molecule has 57 heavy (non-hydrogen) atoms. The van der Waals surface area contributed by atoms with Gasteiger partial charge in [-0.2, -0.15) is 0 Å². The molecule has 0 amide bonds. The van der Waals surface area contributed by atoms with E-state index in [1.54, 1.807) is 24.3 Å². The Kier molecular flexibility index (Phi) is 25.8. The molecule has 2 rings (SSSR count). The van der Waals surface area contributed by atoms with Gasteiger partial charge in [0.1, 0.15) is 18.1 Å². The maximum Gasteiger partial charge on any atom is 0.472 e. The lowest BCUT2D eigenvalue weighted by Crippen LogP contribution is -2.29. The molecule has 0 saturated heterocycles. The molecule has 6 N–H and O–H groups in total. The number of furan rings is 1. The molecule has 0 aromatic carbocycles. The van der Waals surface area contributed by atoms with E-state index < -0.39 is 50.8 Å². The number of aryl methyl sites for hydroxylation is 2. The van der Waals surface area contributed by atoms with Crippen LogP contribution in [0.4, 0.5) is 0 Å². The number of esters is 2. The highest BCUT2D eigenvalue weighted by Gasteiger charge is 2.39. The maximum absolute atomic E-state index is 12.8. The number of hydrogen-bond donors (Lipinski definition) is 5. The van der Waals surface area contributed by atoms with Crippen LogP contribution < -0.4 is 5.73 Å². The minimum absolute atomic E-state index is 0.00443. The number of allylic oxidation sites excluding steroid dienone is 1. The van der Waals surface area contributed by atoms with E-state index in [1.807, 2.05) is 0 Å². The van der Waals surface area contributed by atoms with Crippen LogP contribution in [-0.2, 0) is 45.5 Å². The largest absolute Gasteiger partial charge is 0.472 e. The zero-order valence-corrected chi connectivity index (χ0v) is 36.0. The van der Waals surface area contributed by atoms with Crippen molar-refractivity contribution in [3.8, 4) is 0 Å².